The molecule has 2 aliphatic carbocycles. The van der Waals surface area contributed by atoms with Crippen molar-refractivity contribution in [2.24, 2.45) is 5.92 Å². The number of carbonyl (C=O) groups is 3. The molecule has 0 spiro atoms. The van der Waals surface area contributed by atoms with E-state index in [1.165, 1.54) is 0 Å². The van der Waals surface area contributed by atoms with Crippen molar-refractivity contribution in [2.45, 2.75) is 49.9 Å². The molecule has 2 aliphatic rings. The van der Waals surface area contributed by atoms with Crippen molar-refractivity contribution in [3.63, 3.8) is 0 Å². The summed E-state index contributed by atoms with van der Waals surface area (Å²) >= 11 is 0. The van der Waals surface area contributed by atoms with Crippen molar-refractivity contribution in [2.75, 3.05) is 6.61 Å². The van der Waals surface area contributed by atoms with Gasteiger partial charge < -0.3 is 15.2 Å². The molecule has 2 aromatic rings. The summed E-state index contributed by atoms with van der Waals surface area (Å²) in [4.78, 5) is 36.5. The fraction of sp³-hybridized carbons (Fsp3) is 0.400. The molecule has 2 amide bonds. The van der Waals surface area contributed by atoms with E-state index in [1.54, 1.807) is 5.32 Å². The molecule has 0 radical (unpaired) electrons. The van der Waals surface area contributed by atoms with E-state index in [0.29, 0.717) is 13.3 Å². The molecule has 1 fully saturated rings. The van der Waals surface area contributed by atoms with E-state index in [-0.39, 0.29) is 25.4 Å². The predicted octanol–water partition coefficient (Wildman–Crippen LogP) is 4.22. The Bertz CT molecular complexity index is 1110. The number of hydrogen-bond acceptors (Lipinski definition) is 4. The van der Waals surface area contributed by atoms with Crippen molar-refractivity contribution >= 4 is 18.0 Å². The first-order valence-electron chi connectivity index (χ1n) is 11.3. The Hall–Kier alpha value is -3.56. The first-order valence-corrected chi connectivity index (χ1v) is 11.3. The fourth-order valence-corrected chi connectivity index (χ4v) is 4.84. The number of ether oxygens (including phenoxy) is 1. The number of hydrogen-bond donors (Lipinski definition) is 3. The number of alkyl halides is 3. The summed E-state index contributed by atoms with van der Waals surface area (Å²) in [5, 5.41) is 13.1. The van der Waals surface area contributed by atoms with Gasteiger partial charge >= 0.3 is 18.2 Å². The van der Waals surface area contributed by atoms with Crippen molar-refractivity contribution in [3.05, 3.63) is 59.7 Å². The van der Waals surface area contributed by atoms with E-state index >= 15 is 0 Å². The third-order valence-electron chi connectivity index (χ3n) is 6.87. The highest BCUT2D eigenvalue weighted by atomic mass is 19.4. The monoisotopic (exact) mass is 490 g/mol. The largest absolute Gasteiger partial charge is 0.481 e. The van der Waals surface area contributed by atoms with E-state index in [4.69, 9.17) is 4.74 Å². The molecule has 0 aliphatic heterocycles. The molecule has 7 nitrogen and oxygen atoms in total. The minimum absolute atomic E-state index is 0.223. The van der Waals surface area contributed by atoms with Gasteiger partial charge in [0.15, 0.2) is 0 Å². The van der Waals surface area contributed by atoms with Gasteiger partial charge in [-0.2, -0.15) is 13.2 Å². The second-order valence-electron chi connectivity index (χ2n) is 9.03. The lowest BCUT2D eigenvalue weighted by Gasteiger charge is -2.33. The maximum Gasteiger partial charge on any atom is 0.420 e. The number of rotatable bonds is 6. The Morgan fingerprint density at radius 2 is 1.57 bits per heavy atom. The second kappa shape index (κ2) is 9.24. The number of alkyl carbamates (subject to hydrolysis) is 1. The van der Waals surface area contributed by atoms with E-state index in [2.05, 4.69) is 5.32 Å². The zero-order chi connectivity index (χ0) is 25.4. The molecule has 10 heteroatoms. The van der Waals surface area contributed by atoms with Gasteiger partial charge in [0.2, 0.25) is 5.54 Å². The number of carbonyl (C=O) groups excluding carboxylic acids is 2. The van der Waals surface area contributed by atoms with Crippen molar-refractivity contribution in [1.29, 1.82) is 0 Å². The van der Waals surface area contributed by atoms with E-state index in [9.17, 15) is 32.7 Å². The van der Waals surface area contributed by atoms with Crippen LogP contribution in [0.5, 0.6) is 0 Å². The van der Waals surface area contributed by atoms with Gasteiger partial charge in [0, 0.05) is 12.0 Å². The molecular weight excluding hydrogens is 465 g/mol. The summed E-state index contributed by atoms with van der Waals surface area (Å²) in [6, 6.07) is 14.0. The Morgan fingerprint density at radius 3 is 2.11 bits per heavy atom. The first-order chi connectivity index (χ1) is 16.5. The maximum atomic E-state index is 13.9. The molecule has 4 rings (SSSR count). The lowest BCUT2D eigenvalue weighted by molar-refractivity contribution is -0.194. The average molecular weight is 490 g/mol. The minimum atomic E-state index is -5.15. The van der Waals surface area contributed by atoms with Gasteiger partial charge in [-0.1, -0.05) is 55.0 Å². The number of fused-ring (bicyclic) bond motifs is 3. The molecule has 35 heavy (non-hydrogen) atoms. The zero-order valence-electron chi connectivity index (χ0n) is 18.9. The van der Waals surface area contributed by atoms with Gasteiger partial charge in [0.1, 0.15) is 6.61 Å². The molecule has 0 bridgehead atoms. The molecule has 1 unspecified atom stereocenters. The average Bonchev–Trinajstić information content (AvgIpc) is 3.39. The van der Waals surface area contributed by atoms with Crippen LogP contribution >= 0.6 is 0 Å². The molecule has 1 saturated carbocycles. The second-order valence-corrected chi connectivity index (χ2v) is 9.03. The highest BCUT2D eigenvalue weighted by molar-refractivity contribution is 5.91. The van der Waals surface area contributed by atoms with Gasteiger partial charge in [-0.15, -0.1) is 0 Å². The van der Waals surface area contributed by atoms with E-state index in [1.807, 2.05) is 48.5 Å². The van der Waals surface area contributed by atoms with Crippen LogP contribution in [-0.2, 0) is 14.3 Å². The third-order valence-corrected chi connectivity index (χ3v) is 6.87. The van der Waals surface area contributed by atoms with Crippen molar-refractivity contribution in [3.8, 4) is 11.1 Å². The summed E-state index contributed by atoms with van der Waals surface area (Å²) in [5.41, 5.74) is 0.390. The smallest absolute Gasteiger partial charge is 0.420 e. The standard InChI is InChI=1S/C25H25F3N2O5/c1-24(25(26,27)28,22(33)29-20-12-6-11-18(20)21(31)32)30-23(34)35-13-19-16-9-4-2-7-14(16)15-8-3-5-10-17(15)19/h2-5,7-10,18-20H,6,11-13H2,1H3,(H,29,33)(H,30,34)(H,31,32)/t18-,20+,24?/m0/s1. The van der Waals surface area contributed by atoms with Crippen LogP contribution in [0.3, 0.4) is 0 Å². The van der Waals surface area contributed by atoms with Gasteiger partial charge in [0.25, 0.3) is 5.91 Å². The summed E-state index contributed by atoms with van der Waals surface area (Å²) in [6.07, 6.45) is -5.60. The predicted molar refractivity (Wildman–Crippen MR) is 120 cm³/mol. The lowest BCUT2D eigenvalue weighted by Crippen LogP contribution is -2.66. The Morgan fingerprint density at radius 1 is 1.00 bits per heavy atom. The van der Waals surface area contributed by atoms with Crippen LogP contribution in [0.25, 0.3) is 11.1 Å². The molecule has 0 saturated heterocycles. The van der Waals surface area contributed by atoms with Gasteiger partial charge in [0.05, 0.1) is 5.92 Å². The lowest BCUT2D eigenvalue weighted by atomic mass is 9.97. The Balaban J connectivity index is 1.47. The van der Waals surface area contributed by atoms with E-state index in [0.717, 1.165) is 22.3 Å². The number of nitrogens with one attached hydrogen (secondary N) is 2. The fourth-order valence-electron chi connectivity index (χ4n) is 4.84. The summed E-state index contributed by atoms with van der Waals surface area (Å²) in [6.45, 7) is 0.313. The molecule has 186 valence electrons. The normalized spacial score (nSPS) is 20.9. The number of carboxylic acid groups (broad SMARTS) is 1. The van der Waals surface area contributed by atoms with Crippen LogP contribution in [0.2, 0.25) is 0 Å². The van der Waals surface area contributed by atoms with Crippen LogP contribution in [0, 0.1) is 5.92 Å². The van der Waals surface area contributed by atoms with Gasteiger partial charge in [-0.3, -0.25) is 14.9 Å². The number of aliphatic carboxylic acids is 1. The van der Waals surface area contributed by atoms with Crippen molar-refractivity contribution < 1.29 is 37.4 Å². The van der Waals surface area contributed by atoms with Crippen LogP contribution in [0.15, 0.2) is 48.5 Å². The van der Waals surface area contributed by atoms with Gasteiger partial charge in [-0.25, -0.2) is 4.79 Å². The zero-order valence-corrected chi connectivity index (χ0v) is 18.9. The summed E-state index contributed by atoms with van der Waals surface area (Å²) in [5.74, 6) is -4.07. The molecule has 3 N–H and O–H groups in total. The highest BCUT2D eigenvalue weighted by Gasteiger charge is 2.59. The number of benzene rings is 2. The summed E-state index contributed by atoms with van der Waals surface area (Å²) in [7, 11) is 0. The number of amides is 2. The van der Waals surface area contributed by atoms with Crippen LogP contribution < -0.4 is 10.6 Å². The minimum Gasteiger partial charge on any atom is -0.481 e. The molecule has 0 aromatic heterocycles. The summed E-state index contributed by atoms with van der Waals surface area (Å²) < 4.78 is 47.0. The first kappa shape index (κ1) is 24.6. The Kier molecular flexibility index (Phi) is 6.48. The number of halogens is 3. The SMILES string of the molecule is CC(NC(=O)OCC1c2ccccc2-c2ccccc21)(C(=O)N[C@@H]1CCC[C@@H]1C(=O)O)C(F)(F)F. The highest BCUT2D eigenvalue weighted by Crippen LogP contribution is 2.44. The van der Waals surface area contributed by atoms with Crippen LogP contribution in [0.1, 0.15) is 43.2 Å². The van der Waals surface area contributed by atoms with Gasteiger partial charge in [-0.05, 0) is 42.0 Å². The number of carboxylic acids is 1. The third kappa shape index (κ3) is 4.56. The van der Waals surface area contributed by atoms with Crippen LogP contribution in [-0.4, -0.2) is 47.4 Å². The maximum absolute atomic E-state index is 13.9. The van der Waals surface area contributed by atoms with E-state index < -0.39 is 41.6 Å². The molecule has 0 heterocycles. The molecule has 2 aromatic carbocycles. The molecular formula is C25H25F3N2O5. The van der Waals surface area contributed by atoms with Crippen molar-refractivity contribution in [1.82, 2.24) is 10.6 Å². The quantitative estimate of drug-likeness (QED) is 0.563. The van der Waals surface area contributed by atoms with Crippen LogP contribution in [0.4, 0.5) is 18.0 Å². The molecule has 3 atom stereocenters. The Labute approximate surface area is 199 Å². The topological polar surface area (TPSA) is 105 Å².